The summed E-state index contributed by atoms with van der Waals surface area (Å²) < 4.78 is 13.2. The first-order chi connectivity index (χ1) is 12.1. The van der Waals surface area contributed by atoms with Gasteiger partial charge in [0.15, 0.2) is 0 Å². The van der Waals surface area contributed by atoms with E-state index >= 15 is 0 Å². The first-order valence-corrected chi connectivity index (χ1v) is 8.86. The van der Waals surface area contributed by atoms with Gasteiger partial charge in [0.05, 0.1) is 10.7 Å². The standard InChI is InChI=1S/C19H21ClFN3O/c20-17-11-15(4-5-18(17)21)19(25)24-9-6-14(7-10-24)12-22-13-16-3-1-2-8-23-16/h1-5,8,11,14,22H,6-7,9-10,12-13H2. The summed E-state index contributed by atoms with van der Waals surface area (Å²) in [5.74, 6) is -0.0396. The molecule has 1 fully saturated rings. The van der Waals surface area contributed by atoms with Crippen molar-refractivity contribution in [2.45, 2.75) is 19.4 Å². The van der Waals surface area contributed by atoms with Crippen LogP contribution in [0, 0.1) is 11.7 Å². The molecule has 1 saturated heterocycles. The van der Waals surface area contributed by atoms with Gasteiger partial charge < -0.3 is 10.2 Å². The van der Waals surface area contributed by atoms with E-state index in [2.05, 4.69) is 10.3 Å². The normalized spacial score (nSPS) is 15.4. The smallest absolute Gasteiger partial charge is 0.253 e. The summed E-state index contributed by atoms with van der Waals surface area (Å²) in [7, 11) is 0. The van der Waals surface area contributed by atoms with Crippen LogP contribution in [0.2, 0.25) is 5.02 Å². The van der Waals surface area contributed by atoms with Gasteiger partial charge in [-0.2, -0.15) is 0 Å². The Bertz CT molecular complexity index is 718. The van der Waals surface area contributed by atoms with Crippen molar-refractivity contribution in [3.05, 3.63) is 64.7 Å². The van der Waals surface area contributed by atoms with E-state index in [-0.39, 0.29) is 10.9 Å². The van der Waals surface area contributed by atoms with Crippen LogP contribution < -0.4 is 5.32 Å². The monoisotopic (exact) mass is 361 g/mol. The van der Waals surface area contributed by atoms with Crippen molar-refractivity contribution in [2.24, 2.45) is 5.92 Å². The minimum Gasteiger partial charge on any atom is -0.339 e. The molecular formula is C19H21ClFN3O. The van der Waals surface area contributed by atoms with Crippen molar-refractivity contribution in [3.63, 3.8) is 0 Å². The van der Waals surface area contributed by atoms with Gasteiger partial charge in [-0.15, -0.1) is 0 Å². The van der Waals surface area contributed by atoms with Gasteiger partial charge in [0.25, 0.3) is 5.91 Å². The molecule has 0 atom stereocenters. The number of hydrogen-bond donors (Lipinski definition) is 1. The van der Waals surface area contributed by atoms with Crippen molar-refractivity contribution < 1.29 is 9.18 Å². The number of benzene rings is 1. The molecule has 3 rings (SSSR count). The predicted octanol–water partition coefficient (Wildman–Crippen LogP) is 3.52. The number of hydrogen-bond acceptors (Lipinski definition) is 3. The van der Waals surface area contributed by atoms with Crippen LogP contribution in [-0.4, -0.2) is 35.4 Å². The topological polar surface area (TPSA) is 45.2 Å². The van der Waals surface area contributed by atoms with Crippen LogP contribution in [-0.2, 0) is 6.54 Å². The molecule has 2 aromatic rings. The molecule has 1 N–H and O–H groups in total. The highest BCUT2D eigenvalue weighted by atomic mass is 35.5. The van der Waals surface area contributed by atoms with Crippen LogP contribution in [0.4, 0.5) is 4.39 Å². The molecule has 0 unspecified atom stereocenters. The van der Waals surface area contributed by atoms with Crippen LogP contribution in [0.5, 0.6) is 0 Å². The van der Waals surface area contributed by atoms with Gasteiger partial charge >= 0.3 is 0 Å². The largest absolute Gasteiger partial charge is 0.339 e. The lowest BCUT2D eigenvalue weighted by molar-refractivity contribution is 0.0690. The first kappa shape index (κ1) is 17.8. The number of pyridine rings is 1. The van der Waals surface area contributed by atoms with Crippen LogP contribution in [0.15, 0.2) is 42.6 Å². The SMILES string of the molecule is O=C(c1ccc(F)c(Cl)c1)N1CCC(CNCc2ccccn2)CC1. The number of halogens is 2. The average Bonchev–Trinajstić information content (AvgIpc) is 2.65. The van der Waals surface area contributed by atoms with Gasteiger partial charge in [-0.25, -0.2) is 4.39 Å². The number of likely N-dealkylation sites (tertiary alicyclic amines) is 1. The molecular weight excluding hydrogens is 341 g/mol. The van der Waals surface area contributed by atoms with E-state index in [0.29, 0.717) is 24.6 Å². The summed E-state index contributed by atoms with van der Waals surface area (Å²) in [4.78, 5) is 18.6. The van der Waals surface area contributed by atoms with Crippen molar-refractivity contribution in [1.82, 2.24) is 15.2 Å². The Labute approximate surface area is 152 Å². The Hall–Kier alpha value is -1.98. The lowest BCUT2D eigenvalue weighted by atomic mass is 9.96. The van der Waals surface area contributed by atoms with E-state index in [4.69, 9.17) is 11.6 Å². The van der Waals surface area contributed by atoms with E-state index in [9.17, 15) is 9.18 Å². The Morgan fingerprint density at radius 1 is 1.28 bits per heavy atom. The molecule has 0 aliphatic carbocycles. The highest BCUT2D eigenvalue weighted by Crippen LogP contribution is 2.21. The van der Waals surface area contributed by atoms with E-state index in [1.54, 1.807) is 6.20 Å². The zero-order valence-electron chi connectivity index (χ0n) is 13.9. The molecule has 1 aliphatic heterocycles. The Kier molecular flexibility index (Phi) is 6.00. The van der Waals surface area contributed by atoms with Crippen LogP contribution >= 0.6 is 11.6 Å². The van der Waals surface area contributed by atoms with Gasteiger partial charge in [-0.3, -0.25) is 9.78 Å². The molecule has 1 amide bonds. The molecule has 1 aromatic carbocycles. The van der Waals surface area contributed by atoms with Crippen LogP contribution in [0.3, 0.4) is 0 Å². The number of amides is 1. The molecule has 2 heterocycles. The second kappa shape index (κ2) is 8.41. The first-order valence-electron chi connectivity index (χ1n) is 8.48. The zero-order valence-corrected chi connectivity index (χ0v) is 14.7. The summed E-state index contributed by atoms with van der Waals surface area (Å²) in [5.41, 5.74) is 1.47. The summed E-state index contributed by atoms with van der Waals surface area (Å²) in [6.07, 6.45) is 3.70. The van der Waals surface area contributed by atoms with E-state index in [1.807, 2.05) is 23.1 Å². The minimum absolute atomic E-state index is 0.0144. The van der Waals surface area contributed by atoms with Gasteiger partial charge in [0.1, 0.15) is 5.82 Å². The predicted molar refractivity (Wildman–Crippen MR) is 96.0 cm³/mol. The second-order valence-electron chi connectivity index (χ2n) is 6.32. The number of carbonyl (C=O) groups is 1. The molecule has 1 aliphatic rings. The highest BCUT2D eigenvalue weighted by molar-refractivity contribution is 6.31. The summed E-state index contributed by atoms with van der Waals surface area (Å²) in [5, 5.41) is 3.42. The third-order valence-electron chi connectivity index (χ3n) is 4.53. The summed E-state index contributed by atoms with van der Waals surface area (Å²) >= 11 is 5.77. The third kappa shape index (κ3) is 4.77. The number of carbonyl (C=O) groups excluding carboxylic acids is 1. The zero-order chi connectivity index (χ0) is 17.6. The Balaban J connectivity index is 1.45. The van der Waals surface area contributed by atoms with E-state index in [1.165, 1.54) is 18.2 Å². The molecule has 6 heteroatoms. The summed E-state index contributed by atoms with van der Waals surface area (Å²) in [6, 6.07) is 10.0. The lowest BCUT2D eigenvalue weighted by Gasteiger charge is -2.32. The lowest BCUT2D eigenvalue weighted by Crippen LogP contribution is -2.40. The Morgan fingerprint density at radius 3 is 2.76 bits per heavy atom. The van der Waals surface area contributed by atoms with Gasteiger partial charge in [-0.1, -0.05) is 17.7 Å². The fourth-order valence-electron chi connectivity index (χ4n) is 3.06. The van der Waals surface area contributed by atoms with Crippen molar-refractivity contribution in [2.75, 3.05) is 19.6 Å². The molecule has 1 aromatic heterocycles. The van der Waals surface area contributed by atoms with Crippen molar-refractivity contribution >= 4 is 17.5 Å². The molecule has 0 radical (unpaired) electrons. The molecule has 0 saturated carbocycles. The van der Waals surface area contributed by atoms with E-state index < -0.39 is 5.82 Å². The van der Waals surface area contributed by atoms with Crippen LogP contribution in [0.25, 0.3) is 0 Å². The number of aromatic nitrogens is 1. The fourth-order valence-corrected chi connectivity index (χ4v) is 3.24. The average molecular weight is 362 g/mol. The molecule has 4 nitrogen and oxygen atoms in total. The highest BCUT2D eigenvalue weighted by Gasteiger charge is 2.23. The Morgan fingerprint density at radius 2 is 2.08 bits per heavy atom. The number of piperidine rings is 1. The molecule has 25 heavy (non-hydrogen) atoms. The number of rotatable bonds is 5. The second-order valence-corrected chi connectivity index (χ2v) is 6.72. The molecule has 0 spiro atoms. The van der Waals surface area contributed by atoms with Crippen molar-refractivity contribution in [1.29, 1.82) is 0 Å². The van der Waals surface area contributed by atoms with Gasteiger partial charge in [0, 0.05) is 31.4 Å². The quantitative estimate of drug-likeness (QED) is 0.886. The van der Waals surface area contributed by atoms with E-state index in [0.717, 1.165) is 31.6 Å². The maximum atomic E-state index is 13.2. The van der Waals surface area contributed by atoms with Gasteiger partial charge in [0.2, 0.25) is 0 Å². The van der Waals surface area contributed by atoms with Crippen molar-refractivity contribution in [3.8, 4) is 0 Å². The molecule has 132 valence electrons. The molecule has 0 bridgehead atoms. The third-order valence-corrected chi connectivity index (χ3v) is 4.82. The maximum absolute atomic E-state index is 13.2. The minimum atomic E-state index is -0.504. The van der Waals surface area contributed by atoms with Crippen LogP contribution in [0.1, 0.15) is 28.9 Å². The summed E-state index contributed by atoms with van der Waals surface area (Å²) in [6.45, 7) is 3.10. The van der Waals surface area contributed by atoms with Gasteiger partial charge in [-0.05, 0) is 55.6 Å². The maximum Gasteiger partial charge on any atom is 0.253 e. The number of nitrogens with zero attached hydrogens (tertiary/aromatic N) is 2. The fraction of sp³-hybridized carbons (Fsp3) is 0.368. The number of nitrogens with one attached hydrogen (secondary N) is 1.